The fourth-order valence-corrected chi connectivity index (χ4v) is 2.51. The smallest absolute Gasteiger partial charge is 0.271 e. The molecule has 22 heavy (non-hydrogen) atoms. The Balaban J connectivity index is 3.35. The molecule has 0 bridgehead atoms. The molecule has 0 aliphatic carbocycles. The molecule has 1 heterocycles. The lowest BCUT2D eigenvalue weighted by atomic mass is 9.76. The second-order valence-electron chi connectivity index (χ2n) is 6.12. The summed E-state index contributed by atoms with van der Waals surface area (Å²) < 4.78 is 62.8. The molecule has 1 aliphatic rings. The van der Waals surface area contributed by atoms with Gasteiger partial charge in [-0.3, -0.25) is 9.59 Å². The highest BCUT2D eigenvalue weighted by atomic mass is 32.2. The van der Waals surface area contributed by atoms with Gasteiger partial charge < -0.3 is 0 Å². The first kappa shape index (κ1) is 18.6. The highest BCUT2D eigenvalue weighted by Crippen LogP contribution is 2.41. The molecule has 0 radical (unpaired) electrons. The zero-order chi connectivity index (χ0) is 17.7. The van der Waals surface area contributed by atoms with Crippen molar-refractivity contribution in [2.24, 2.45) is 11.3 Å². The Labute approximate surface area is 126 Å². The molecule has 1 rings (SSSR count). The van der Waals surface area contributed by atoms with Crippen molar-refractivity contribution in [3.63, 3.8) is 0 Å². The molecule has 126 valence electrons. The number of rotatable bonds is 2. The molecular formula is C12H16F3NO5S. The van der Waals surface area contributed by atoms with E-state index in [1.54, 1.807) is 20.8 Å². The molecule has 0 aromatic carbocycles. The average molecular weight is 343 g/mol. The van der Waals surface area contributed by atoms with E-state index in [4.69, 9.17) is 0 Å². The van der Waals surface area contributed by atoms with Crippen LogP contribution in [0.1, 0.15) is 34.6 Å². The molecule has 1 fully saturated rings. The van der Waals surface area contributed by atoms with Crippen molar-refractivity contribution in [2.75, 3.05) is 0 Å². The summed E-state index contributed by atoms with van der Waals surface area (Å²) in [6, 6.07) is 0. The SMILES string of the molecule is CC(C)=C1C(=O)N(OS(=O)(=O)C(F)(F)F)C(=O)C1C(C)(C)C. The molecule has 1 saturated heterocycles. The Bertz CT molecular complexity index is 639. The number of amides is 2. The van der Waals surface area contributed by atoms with Gasteiger partial charge in [0, 0.05) is 5.57 Å². The Kier molecular flexibility index (Phi) is 4.52. The van der Waals surface area contributed by atoms with Crippen LogP contribution in [0.15, 0.2) is 11.1 Å². The minimum atomic E-state index is -6.10. The zero-order valence-electron chi connectivity index (χ0n) is 12.6. The van der Waals surface area contributed by atoms with Gasteiger partial charge in [-0.25, -0.2) is 0 Å². The highest BCUT2D eigenvalue weighted by Gasteiger charge is 2.56. The molecule has 1 aliphatic heterocycles. The van der Waals surface area contributed by atoms with Crippen LogP contribution in [0, 0.1) is 11.3 Å². The van der Waals surface area contributed by atoms with Gasteiger partial charge in [-0.1, -0.05) is 26.3 Å². The van der Waals surface area contributed by atoms with Crippen molar-refractivity contribution in [2.45, 2.75) is 40.1 Å². The van der Waals surface area contributed by atoms with E-state index in [9.17, 15) is 31.2 Å². The van der Waals surface area contributed by atoms with Crippen molar-refractivity contribution >= 4 is 21.9 Å². The number of carbonyl (C=O) groups excluding carboxylic acids is 2. The number of alkyl halides is 3. The summed E-state index contributed by atoms with van der Waals surface area (Å²) >= 11 is 0. The fraction of sp³-hybridized carbons (Fsp3) is 0.667. The van der Waals surface area contributed by atoms with Gasteiger partial charge in [-0.05, 0) is 19.3 Å². The maximum absolute atomic E-state index is 12.4. The van der Waals surface area contributed by atoms with Gasteiger partial charge in [0.15, 0.2) is 0 Å². The molecule has 1 atom stereocenters. The van der Waals surface area contributed by atoms with E-state index in [1.165, 1.54) is 13.8 Å². The van der Waals surface area contributed by atoms with E-state index in [2.05, 4.69) is 4.28 Å². The molecule has 6 nitrogen and oxygen atoms in total. The largest absolute Gasteiger partial charge is 0.525 e. The molecule has 10 heteroatoms. The minimum absolute atomic E-state index is 0.0603. The molecule has 0 saturated carbocycles. The third-order valence-electron chi connectivity index (χ3n) is 3.01. The maximum atomic E-state index is 12.4. The van der Waals surface area contributed by atoms with Crippen LogP contribution in [-0.4, -0.2) is 30.8 Å². The van der Waals surface area contributed by atoms with Crippen molar-refractivity contribution in [1.82, 2.24) is 5.06 Å². The molecular weight excluding hydrogens is 327 g/mol. The first-order valence-corrected chi connectivity index (χ1v) is 7.58. The van der Waals surface area contributed by atoms with Gasteiger partial charge in [0.1, 0.15) is 0 Å². The van der Waals surface area contributed by atoms with Crippen LogP contribution in [0.4, 0.5) is 13.2 Å². The summed E-state index contributed by atoms with van der Waals surface area (Å²) in [6.45, 7) is 7.82. The number of imide groups is 1. The second-order valence-corrected chi connectivity index (χ2v) is 7.65. The third kappa shape index (κ3) is 3.17. The fourth-order valence-electron chi connectivity index (χ4n) is 2.09. The Morgan fingerprint density at radius 2 is 1.59 bits per heavy atom. The number of halogens is 3. The van der Waals surface area contributed by atoms with E-state index in [1.807, 2.05) is 0 Å². The van der Waals surface area contributed by atoms with Crippen molar-refractivity contribution in [1.29, 1.82) is 0 Å². The van der Waals surface area contributed by atoms with E-state index >= 15 is 0 Å². The lowest BCUT2D eigenvalue weighted by Crippen LogP contribution is -2.39. The van der Waals surface area contributed by atoms with E-state index in [-0.39, 0.29) is 10.6 Å². The first-order chi connectivity index (χ1) is 9.61. The molecule has 0 spiro atoms. The van der Waals surface area contributed by atoms with Gasteiger partial charge >= 0.3 is 15.6 Å². The van der Waals surface area contributed by atoms with Crippen molar-refractivity contribution in [3.8, 4) is 0 Å². The third-order valence-corrected chi connectivity index (χ3v) is 3.92. The van der Waals surface area contributed by atoms with Gasteiger partial charge in [0.25, 0.3) is 11.8 Å². The van der Waals surface area contributed by atoms with Gasteiger partial charge in [0.2, 0.25) is 0 Å². The molecule has 0 aromatic heterocycles. The quantitative estimate of drug-likeness (QED) is 0.436. The van der Waals surface area contributed by atoms with Gasteiger partial charge in [-0.2, -0.15) is 21.6 Å². The summed E-state index contributed by atoms with van der Waals surface area (Å²) in [5, 5.41) is -0.318. The zero-order valence-corrected chi connectivity index (χ0v) is 13.4. The Morgan fingerprint density at radius 1 is 1.14 bits per heavy atom. The van der Waals surface area contributed by atoms with Crippen molar-refractivity contribution < 1.29 is 35.5 Å². The predicted molar refractivity (Wildman–Crippen MR) is 69.2 cm³/mol. The van der Waals surface area contributed by atoms with E-state index in [0.717, 1.165) is 0 Å². The van der Waals surface area contributed by atoms with Crippen LogP contribution in [-0.2, 0) is 24.0 Å². The molecule has 0 N–H and O–H groups in total. The van der Waals surface area contributed by atoms with Crippen LogP contribution in [0.3, 0.4) is 0 Å². The number of carbonyl (C=O) groups is 2. The number of nitrogens with zero attached hydrogens (tertiary/aromatic N) is 1. The summed E-state index contributed by atoms with van der Waals surface area (Å²) in [7, 11) is -6.10. The van der Waals surface area contributed by atoms with Crippen LogP contribution >= 0.6 is 0 Å². The standard InChI is InChI=1S/C12H16F3NO5S/c1-6(2)7-8(11(3,4)5)10(18)16(9(7)17)21-22(19,20)12(13,14)15/h8H,1-5H3. The first-order valence-electron chi connectivity index (χ1n) is 6.18. The van der Waals surface area contributed by atoms with Crippen LogP contribution in [0.25, 0.3) is 0 Å². The summed E-state index contributed by atoms with van der Waals surface area (Å²) in [5.41, 5.74) is -6.21. The summed E-state index contributed by atoms with van der Waals surface area (Å²) in [5.74, 6) is -3.42. The lowest BCUT2D eigenvalue weighted by molar-refractivity contribution is -0.168. The van der Waals surface area contributed by atoms with Gasteiger partial charge in [0.05, 0.1) is 5.92 Å². The average Bonchev–Trinajstić information content (AvgIpc) is 2.50. The van der Waals surface area contributed by atoms with Crippen LogP contribution < -0.4 is 0 Å². The number of hydrogen-bond acceptors (Lipinski definition) is 5. The maximum Gasteiger partial charge on any atom is 0.525 e. The molecule has 0 aromatic rings. The Hall–Kier alpha value is -1.42. The molecule has 1 unspecified atom stereocenters. The van der Waals surface area contributed by atoms with Crippen LogP contribution in [0.2, 0.25) is 0 Å². The number of hydroxylamine groups is 2. The lowest BCUT2D eigenvalue weighted by Gasteiger charge is -2.25. The topological polar surface area (TPSA) is 80.8 Å². The monoisotopic (exact) mass is 343 g/mol. The summed E-state index contributed by atoms with van der Waals surface area (Å²) in [6.07, 6.45) is 0. The number of hydrogen-bond donors (Lipinski definition) is 0. The van der Waals surface area contributed by atoms with Crippen LogP contribution in [0.5, 0.6) is 0 Å². The Morgan fingerprint density at radius 3 is 1.86 bits per heavy atom. The van der Waals surface area contributed by atoms with Crippen molar-refractivity contribution in [3.05, 3.63) is 11.1 Å². The molecule has 2 amide bonds. The predicted octanol–water partition coefficient (Wildman–Crippen LogP) is 2.14. The highest BCUT2D eigenvalue weighted by molar-refractivity contribution is 7.87. The van der Waals surface area contributed by atoms with E-state index < -0.39 is 38.8 Å². The summed E-state index contributed by atoms with van der Waals surface area (Å²) in [4.78, 5) is 24.3. The van der Waals surface area contributed by atoms with E-state index in [0.29, 0.717) is 5.57 Å². The van der Waals surface area contributed by atoms with Gasteiger partial charge in [-0.15, -0.1) is 9.35 Å². The normalized spacial score (nSPS) is 20.8. The second kappa shape index (κ2) is 5.34. The minimum Gasteiger partial charge on any atom is -0.271 e. The number of allylic oxidation sites excluding steroid dienone is 1.